The van der Waals surface area contributed by atoms with Gasteiger partial charge in [-0.05, 0) is 54.1 Å². The molecule has 0 aromatic heterocycles. The van der Waals surface area contributed by atoms with Gasteiger partial charge in [0.2, 0.25) is 5.91 Å². The molecule has 0 aliphatic heterocycles. The third-order valence-corrected chi connectivity index (χ3v) is 3.04. The third-order valence-electron chi connectivity index (χ3n) is 2.37. The van der Waals surface area contributed by atoms with Gasteiger partial charge in [0.05, 0.1) is 0 Å². The van der Waals surface area contributed by atoms with E-state index >= 15 is 0 Å². The van der Waals surface area contributed by atoms with Gasteiger partial charge in [-0.15, -0.1) is 0 Å². The third kappa shape index (κ3) is 5.91. The van der Waals surface area contributed by atoms with Crippen molar-refractivity contribution in [1.82, 2.24) is 10.6 Å². The zero-order chi connectivity index (χ0) is 14.3. The van der Waals surface area contributed by atoms with E-state index in [1.807, 2.05) is 25.1 Å². The van der Waals surface area contributed by atoms with E-state index < -0.39 is 6.04 Å². The van der Waals surface area contributed by atoms with E-state index in [0.717, 1.165) is 9.99 Å². The van der Waals surface area contributed by atoms with Gasteiger partial charge in [-0.25, -0.2) is 4.79 Å². The molecule has 0 spiro atoms. The van der Waals surface area contributed by atoms with Crippen molar-refractivity contribution < 1.29 is 9.59 Å². The molecule has 0 heterocycles. The minimum Gasteiger partial charge on any atom is -0.354 e. The molecule has 1 atom stereocenters. The first-order valence-corrected chi connectivity index (χ1v) is 7.21. The Kier molecular flexibility index (Phi) is 6.61. The summed E-state index contributed by atoms with van der Waals surface area (Å²) in [5, 5.41) is 8.01. The lowest BCUT2D eigenvalue weighted by Gasteiger charge is -2.14. The normalized spacial score (nSPS) is 11.5. The highest BCUT2D eigenvalue weighted by Crippen LogP contribution is 2.11. The Balaban J connectivity index is 2.44. The predicted molar refractivity (Wildman–Crippen MR) is 84.1 cm³/mol. The summed E-state index contributed by atoms with van der Waals surface area (Å²) in [4.78, 5) is 23.3. The second-order valence-corrected chi connectivity index (χ2v) is 5.37. The lowest BCUT2D eigenvalue weighted by molar-refractivity contribution is -0.122. The summed E-state index contributed by atoms with van der Waals surface area (Å²) < 4.78 is 1.03. The summed E-state index contributed by atoms with van der Waals surface area (Å²) in [5.74, 6) is -0.181. The van der Waals surface area contributed by atoms with Crippen LogP contribution in [0.3, 0.4) is 0 Å². The van der Waals surface area contributed by atoms with E-state index in [4.69, 9.17) is 0 Å². The van der Waals surface area contributed by atoms with Crippen LogP contribution in [0.2, 0.25) is 0 Å². The fraction of sp³-hybridized carbons (Fsp3) is 0.385. The van der Waals surface area contributed by atoms with Crippen molar-refractivity contribution in [3.63, 3.8) is 0 Å². The lowest BCUT2D eigenvalue weighted by atomic mass is 10.3. The fourth-order valence-corrected chi connectivity index (χ4v) is 1.94. The number of anilines is 1. The van der Waals surface area contributed by atoms with Crippen LogP contribution in [0.15, 0.2) is 24.3 Å². The van der Waals surface area contributed by atoms with Crippen LogP contribution in [-0.4, -0.2) is 24.5 Å². The first-order valence-electron chi connectivity index (χ1n) is 6.13. The van der Waals surface area contributed by atoms with Crippen molar-refractivity contribution in [2.45, 2.75) is 26.3 Å². The molecule has 1 aromatic rings. The minimum absolute atomic E-state index is 0.181. The Morgan fingerprint density at radius 2 is 2.11 bits per heavy atom. The Bertz CT molecular complexity index is 451. The molecular weight excluding hydrogens is 357 g/mol. The smallest absolute Gasteiger partial charge is 0.319 e. The molecule has 1 unspecified atom stereocenters. The van der Waals surface area contributed by atoms with E-state index in [-0.39, 0.29) is 11.9 Å². The van der Waals surface area contributed by atoms with Crippen molar-refractivity contribution in [1.29, 1.82) is 0 Å². The summed E-state index contributed by atoms with van der Waals surface area (Å²) in [5.41, 5.74) is 0.700. The quantitative estimate of drug-likeness (QED) is 0.692. The Labute approximate surface area is 126 Å². The number of urea groups is 1. The molecule has 104 valence electrons. The van der Waals surface area contributed by atoms with E-state index in [0.29, 0.717) is 12.2 Å². The Morgan fingerprint density at radius 3 is 2.74 bits per heavy atom. The molecule has 0 bridgehead atoms. The summed E-state index contributed by atoms with van der Waals surface area (Å²) in [7, 11) is 0. The molecule has 3 N–H and O–H groups in total. The Morgan fingerprint density at radius 1 is 1.37 bits per heavy atom. The molecule has 0 radical (unpaired) electrons. The van der Waals surface area contributed by atoms with Gasteiger partial charge in [0.1, 0.15) is 6.04 Å². The molecule has 0 saturated heterocycles. The summed E-state index contributed by atoms with van der Waals surface area (Å²) >= 11 is 2.17. The fourth-order valence-electron chi connectivity index (χ4n) is 1.40. The van der Waals surface area contributed by atoms with Crippen molar-refractivity contribution in [3.8, 4) is 0 Å². The number of benzene rings is 1. The zero-order valence-electron chi connectivity index (χ0n) is 11.0. The van der Waals surface area contributed by atoms with Crippen LogP contribution in [0.4, 0.5) is 10.5 Å². The van der Waals surface area contributed by atoms with Crippen LogP contribution in [-0.2, 0) is 4.79 Å². The number of carbonyl (C=O) groups is 2. The highest BCUT2D eigenvalue weighted by Gasteiger charge is 2.14. The number of hydrogen-bond acceptors (Lipinski definition) is 2. The first kappa shape index (κ1) is 15.7. The van der Waals surface area contributed by atoms with E-state index in [1.165, 1.54) is 0 Å². The summed E-state index contributed by atoms with van der Waals surface area (Å²) in [6.45, 7) is 4.24. The van der Waals surface area contributed by atoms with Crippen LogP contribution in [0.25, 0.3) is 0 Å². The van der Waals surface area contributed by atoms with Crippen LogP contribution >= 0.6 is 22.6 Å². The van der Waals surface area contributed by atoms with Gasteiger partial charge in [0.25, 0.3) is 0 Å². The predicted octanol–water partition coefficient (Wildman–Crippen LogP) is 2.33. The van der Waals surface area contributed by atoms with Gasteiger partial charge in [-0.3, -0.25) is 4.79 Å². The van der Waals surface area contributed by atoms with Gasteiger partial charge in [-0.1, -0.05) is 13.0 Å². The topological polar surface area (TPSA) is 70.2 Å². The highest BCUT2D eigenvalue weighted by molar-refractivity contribution is 14.1. The van der Waals surface area contributed by atoms with Crippen molar-refractivity contribution in [2.24, 2.45) is 0 Å². The number of carbonyl (C=O) groups excluding carboxylic acids is 2. The number of halogens is 1. The summed E-state index contributed by atoms with van der Waals surface area (Å²) in [6.07, 6.45) is 0.868. The van der Waals surface area contributed by atoms with Gasteiger partial charge < -0.3 is 16.0 Å². The number of rotatable bonds is 5. The average molecular weight is 375 g/mol. The Hall–Kier alpha value is -1.31. The minimum atomic E-state index is -0.561. The maximum atomic E-state index is 11.7. The standard InChI is InChI=1S/C13H18IN3O2/c1-3-7-15-12(18)9(2)16-13(19)17-11-6-4-5-10(14)8-11/h4-6,8-9H,3,7H2,1-2H3,(H,15,18)(H2,16,17,19). The molecule has 1 aromatic carbocycles. The van der Waals surface area contributed by atoms with E-state index in [1.54, 1.807) is 13.0 Å². The average Bonchev–Trinajstić information content (AvgIpc) is 2.35. The number of amides is 3. The molecular formula is C13H18IN3O2. The molecule has 0 saturated carbocycles. The van der Waals surface area contributed by atoms with Gasteiger partial charge in [0, 0.05) is 15.8 Å². The lowest BCUT2D eigenvalue weighted by Crippen LogP contribution is -2.46. The molecule has 0 fully saturated rings. The van der Waals surface area contributed by atoms with Crippen LogP contribution in [0.1, 0.15) is 20.3 Å². The van der Waals surface area contributed by atoms with E-state index in [9.17, 15) is 9.59 Å². The molecule has 0 aliphatic carbocycles. The first-order chi connectivity index (χ1) is 9.02. The second kappa shape index (κ2) is 7.98. The van der Waals surface area contributed by atoms with E-state index in [2.05, 4.69) is 38.5 Å². The van der Waals surface area contributed by atoms with Crippen molar-refractivity contribution >= 4 is 40.2 Å². The molecule has 5 nitrogen and oxygen atoms in total. The maximum absolute atomic E-state index is 11.7. The van der Waals surface area contributed by atoms with Gasteiger partial charge >= 0.3 is 6.03 Å². The SMILES string of the molecule is CCCNC(=O)C(C)NC(=O)Nc1cccc(I)c1. The van der Waals surface area contributed by atoms with Crippen LogP contribution < -0.4 is 16.0 Å². The van der Waals surface area contributed by atoms with Crippen molar-refractivity contribution in [2.75, 3.05) is 11.9 Å². The molecule has 0 aliphatic rings. The number of nitrogens with one attached hydrogen (secondary N) is 3. The molecule has 1 rings (SSSR count). The molecule has 6 heteroatoms. The summed E-state index contributed by atoms with van der Waals surface area (Å²) in [6, 6.07) is 6.49. The molecule has 3 amide bonds. The maximum Gasteiger partial charge on any atom is 0.319 e. The second-order valence-electron chi connectivity index (χ2n) is 4.12. The van der Waals surface area contributed by atoms with Crippen LogP contribution in [0, 0.1) is 3.57 Å². The number of hydrogen-bond donors (Lipinski definition) is 3. The van der Waals surface area contributed by atoms with Gasteiger partial charge in [0.15, 0.2) is 0 Å². The highest BCUT2D eigenvalue weighted by atomic mass is 127. The van der Waals surface area contributed by atoms with Crippen LogP contribution in [0.5, 0.6) is 0 Å². The van der Waals surface area contributed by atoms with Gasteiger partial charge in [-0.2, -0.15) is 0 Å². The van der Waals surface area contributed by atoms with Crippen molar-refractivity contribution in [3.05, 3.63) is 27.8 Å². The monoisotopic (exact) mass is 375 g/mol. The molecule has 19 heavy (non-hydrogen) atoms. The zero-order valence-corrected chi connectivity index (χ0v) is 13.2. The largest absolute Gasteiger partial charge is 0.354 e.